The lowest BCUT2D eigenvalue weighted by molar-refractivity contribution is 0.102. The van der Waals surface area contributed by atoms with Gasteiger partial charge in [0.1, 0.15) is 0 Å². The molecule has 1 amide bonds. The van der Waals surface area contributed by atoms with E-state index in [1.165, 1.54) is 0 Å². The van der Waals surface area contributed by atoms with Crippen LogP contribution in [0.5, 0.6) is 0 Å². The van der Waals surface area contributed by atoms with Crippen LogP contribution in [0.15, 0.2) is 65.3 Å². The van der Waals surface area contributed by atoms with Gasteiger partial charge < -0.3 is 9.09 Å². The van der Waals surface area contributed by atoms with Crippen LogP contribution in [0.2, 0.25) is 0 Å². The maximum atomic E-state index is 12.7. The Morgan fingerprint density at radius 1 is 1.14 bits per heavy atom. The molecule has 0 aliphatic carbocycles. The van der Waals surface area contributed by atoms with Crippen molar-refractivity contribution in [2.75, 3.05) is 12.4 Å². The summed E-state index contributed by atoms with van der Waals surface area (Å²) in [4.78, 5) is 19.3. The molecule has 2 aromatic carbocycles. The lowest BCUT2D eigenvalue weighted by Crippen LogP contribution is -2.18. The second-order valence-electron chi connectivity index (χ2n) is 6.79. The number of aryl methyl sites for hydroxylation is 1. The summed E-state index contributed by atoms with van der Waals surface area (Å²) in [6, 6.07) is 17.2. The lowest BCUT2D eigenvalue weighted by Gasteiger charge is -2.15. The van der Waals surface area contributed by atoms with Crippen molar-refractivity contribution in [2.45, 2.75) is 13.1 Å². The maximum absolute atomic E-state index is 12.7. The lowest BCUT2D eigenvalue weighted by atomic mass is 10.1. The van der Waals surface area contributed by atoms with Crippen LogP contribution in [0.3, 0.4) is 0 Å². The van der Waals surface area contributed by atoms with Crippen molar-refractivity contribution in [3.8, 4) is 0 Å². The molecule has 0 spiro atoms. The number of amides is 1. The molecule has 28 heavy (non-hydrogen) atoms. The summed E-state index contributed by atoms with van der Waals surface area (Å²) in [5.74, 6) is 1.15. The van der Waals surface area contributed by atoms with Crippen LogP contribution < -0.4 is 5.32 Å². The van der Waals surface area contributed by atoms with Crippen LogP contribution in [-0.2, 0) is 20.1 Å². The van der Waals surface area contributed by atoms with E-state index in [0.717, 1.165) is 22.4 Å². The van der Waals surface area contributed by atoms with Gasteiger partial charge in [0, 0.05) is 25.2 Å². The van der Waals surface area contributed by atoms with Gasteiger partial charge in [0.25, 0.3) is 5.91 Å². The SMILES string of the molecule is CN(Cc1cccc(C(=O)Nc2nc3ccccc3n2C)c1)Cc1ccno1. The zero-order valence-corrected chi connectivity index (χ0v) is 15.8. The van der Waals surface area contributed by atoms with E-state index in [-0.39, 0.29) is 5.91 Å². The van der Waals surface area contributed by atoms with Crippen LogP contribution in [0.25, 0.3) is 11.0 Å². The summed E-state index contributed by atoms with van der Waals surface area (Å²) in [5, 5.41) is 6.63. The fourth-order valence-corrected chi connectivity index (χ4v) is 3.20. The molecule has 142 valence electrons. The van der Waals surface area contributed by atoms with E-state index in [1.54, 1.807) is 12.3 Å². The number of hydrogen-bond acceptors (Lipinski definition) is 5. The first-order valence-electron chi connectivity index (χ1n) is 9.00. The molecular formula is C21H21N5O2. The number of nitrogens with one attached hydrogen (secondary N) is 1. The first-order valence-corrected chi connectivity index (χ1v) is 9.00. The number of rotatable bonds is 6. The minimum Gasteiger partial charge on any atom is -0.360 e. The Morgan fingerprint density at radius 2 is 2.00 bits per heavy atom. The molecule has 7 nitrogen and oxygen atoms in total. The molecule has 0 aliphatic rings. The van der Waals surface area contributed by atoms with Crippen LogP contribution in [-0.4, -0.2) is 32.6 Å². The van der Waals surface area contributed by atoms with Gasteiger partial charge in [-0.2, -0.15) is 0 Å². The smallest absolute Gasteiger partial charge is 0.257 e. The molecule has 1 N–H and O–H groups in total. The molecule has 0 atom stereocenters. The Hall–Kier alpha value is -3.45. The second kappa shape index (κ2) is 7.66. The van der Waals surface area contributed by atoms with E-state index in [2.05, 4.69) is 20.4 Å². The number of nitrogens with zero attached hydrogens (tertiary/aromatic N) is 4. The first-order chi connectivity index (χ1) is 13.6. The van der Waals surface area contributed by atoms with Gasteiger partial charge in [-0.25, -0.2) is 4.98 Å². The van der Waals surface area contributed by atoms with E-state index in [0.29, 0.717) is 24.6 Å². The van der Waals surface area contributed by atoms with E-state index in [4.69, 9.17) is 4.52 Å². The van der Waals surface area contributed by atoms with Crippen molar-refractivity contribution in [3.63, 3.8) is 0 Å². The van der Waals surface area contributed by atoms with E-state index < -0.39 is 0 Å². The van der Waals surface area contributed by atoms with Gasteiger partial charge in [-0.1, -0.05) is 29.4 Å². The quantitative estimate of drug-likeness (QED) is 0.559. The van der Waals surface area contributed by atoms with Gasteiger partial charge in [-0.15, -0.1) is 0 Å². The molecule has 4 aromatic rings. The predicted molar refractivity (Wildman–Crippen MR) is 107 cm³/mol. The molecular weight excluding hydrogens is 354 g/mol. The summed E-state index contributed by atoms with van der Waals surface area (Å²) in [5.41, 5.74) is 3.46. The van der Waals surface area contributed by atoms with Gasteiger partial charge in [-0.3, -0.25) is 15.0 Å². The number of benzene rings is 2. The number of aromatic nitrogens is 3. The standard InChI is InChI=1S/C21H21N5O2/c1-25(14-17-10-11-22-28-17)13-15-6-5-7-16(12-15)20(27)24-21-23-18-8-3-4-9-19(18)26(21)2/h3-12H,13-14H2,1-2H3,(H,23,24,27). The minimum absolute atomic E-state index is 0.182. The molecule has 0 aliphatic heterocycles. The third-order valence-corrected chi connectivity index (χ3v) is 4.57. The van der Waals surface area contributed by atoms with Crippen molar-refractivity contribution in [3.05, 3.63) is 77.7 Å². The number of para-hydroxylation sites is 2. The molecule has 2 heterocycles. The molecule has 0 unspecified atom stereocenters. The number of carbonyl (C=O) groups excluding carboxylic acids is 1. The third-order valence-electron chi connectivity index (χ3n) is 4.57. The predicted octanol–water partition coefficient (Wildman–Crippen LogP) is 3.45. The first kappa shape index (κ1) is 17.9. The van der Waals surface area contributed by atoms with Crippen molar-refractivity contribution in [1.82, 2.24) is 19.6 Å². The number of fused-ring (bicyclic) bond motifs is 1. The Kier molecular flexibility index (Phi) is 4.90. The highest BCUT2D eigenvalue weighted by Gasteiger charge is 2.13. The van der Waals surface area contributed by atoms with E-state index >= 15 is 0 Å². The Bertz CT molecular complexity index is 1100. The molecule has 2 aromatic heterocycles. The van der Waals surface area contributed by atoms with E-state index in [1.807, 2.05) is 67.2 Å². The van der Waals surface area contributed by atoms with Crippen molar-refractivity contribution in [1.29, 1.82) is 0 Å². The van der Waals surface area contributed by atoms with Crippen LogP contribution >= 0.6 is 0 Å². The van der Waals surface area contributed by atoms with Crippen molar-refractivity contribution in [2.24, 2.45) is 7.05 Å². The number of anilines is 1. The maximum Gasteiger partial charge on any atom is 0.257 e. The zero-order chi connectivity index (χ0) is 19.5. The van der Waals surface area contributed by atoms with Gasteiger partial charge in [0.05, 0.1) is 23.8 Å². The second-order valence-corrected chi connectivity index (χ2v) is 6.79. The highest BCUT2D eigenvalue weighted by Crippen LogP contribution is 2.18. The fourth-order valence-electron chi connectivity index (χ4n) is 3.20. The molecule has 0 bridgehead atoms. The molecule has 4 rings (SSSR count). The van der Waals surface area contributed by atoms with Crippen molar-refractivity contribution < 1.29 is 9.32 Å². The minimum atomic E-state index is -0.182. The Balaban J connectivity index is 1.47. The summed E-state index contributed by atoms with van der Waals surface area (Å²) in [6.07, 6.45) is 1.63. The summed E-state index contributed by atoms with van der Waals surface area (Å²) in [6.45, 7) is 1.34. The summed E-state index contributed by atoms with van der Waals surface area (Å²) < 4.78 is 7.02. The number of carbonyl (C=O) groups is 1. The van der Waals surface area contributed by atoms with Gasteiger partial charge in [0.15, 0.2) is 5.76 Å². The van der Waals surface area contributed by atoms with Gasteiger partial charge in [0.2, 0.25) is 5.95 Å². The zero-order valence-electron chi connectivity index (χ0n) is 15.8. The van der Waals surface area contributed by atoms with Crippen molar-refractivity contribution >= 4 is 22.9 Å². The van der Waals surface area contributed by atoms with Gasteiger partial charge >= 0.3 is 0 Å². The Morgan fingerprint density at radius 3 is 2.79 bits per heavy atom. The fraction of sp³-hybridized carbons (Fsp3) is 0.190. The highest BCUT2D eigenvalue weighted by molar-refractivity contribution is 6.04. The molecule has 0 fully saturated rings. The third kappa shape index (κ3) is 3.79. The molecule has 7 heteroatoms. The number of hydrogen-bond donors (Lipinski definition) is 1. The highest BCUT2D eigenvalue weighted by atomic mass is 16.5. The normalized spacial score (nSPS) is 11.2. The summed E-state index contributed by atoms with van der Waals surface area (Å²) in [7, 11) is 3.88. The summed E-state index contributed by atoms with van der Waals surface area (Å²) >= 11 is 0. The average molecular weight is 375 g/mol. The monoisotopic (exact) mass is 375 g/mol. The number of imidazole rings is 1. The topological polar surface area (TPSA) is 76.2 Å². The van der Waals surface area contributed by atoms with Gasteiger partial charge in [-0.05, 0) is 36.9 Å². The Labute approximate surface area is 162 Å². The molecule has 0 saturated heterocycles. The van der Waals surface area contributed by atoms with E-state index in [9.17, 15) is 4.79 Å². The van der Waals surface area contributed by atoms with Crippen LogP contribution in [0.4, 0.5) is 5.95 Å². The van der Waals surface area contributed by atoms with Crippen LogP contribution in [0, 0.1) is 0 Å². The largest absolute Gasteiger partial charge is 0.360 e. The molecule has 0 radical (unpaired) electrons. The average Bonchev–Trinajstić information content (AvgIpc) is 3.30. The molecule has 0 saturated carbocycles. The van der Waals surface area contributed by atoms with Crippen LogP contribution in [0.1, 0.15) is 21.7 Å².